The number of hydrogen-bond acceptors (Lipinski definition) is 1. The molecule has 0 spiro atoms. The van der Waals surface area contributed by atoms with Gasteiger partial charge < -0.3 is 11.1 Å². The van der Waals surface area contributed by atoms with Gasteiger partial charge in [-0.25, -0.2) is 4.99 Å². The van der Waals surface area contributed by atoms with Crippen LogP contribution in [0.15, 0.2) is 29.3 Å². The molecule has 0 heterocycles. The van der Waals surface area contributed by atoms with Crippen LogP contribution >= 0.6 is 11.6 Å². The number of benzene rings is 1. The lowest BCUT2D eigenvalue weighted by molar-refractivity contribution is 0.583. The van der Waals surface area contributed by atoms with Crippen LogP contribution in [0, 0.1) is 0 Å². The minimum absolute atomic E-state index is 0.177. The molecule has 0 fully saturated rings. The van der Waals surface area contributed by atoms with Crippen LogP contribution in [0.2, 0.25) is 5.02 Å². The highest BCUT2D eigenvalue weighted by Gasteiger charge is 2.07. The van der Waals surface area contributed by atoms with E-state index in [4.69, 9.17) is 17.3 Å². The van der Waals surface area contributed by atoms with Crippen molar-refractivity contribution in [1.29, 1.82) is 0 Å². The minimum atomic E-state index is -0.177. The van der Waals surface area contributed by atoms with Crippen LogP contribution in [0.5, 0.6) is 0 Å². The van der Waals surface area contributed by atoms with Crippen LogP contribution in [-0.4, -0.2) is 11.5 Å². The van der Waals surface area contributed by atoms with E-state index in [1.54, 1.807) is 12.1 Å². The first-order chi connectivity index (χ1) is 6.87. The standard InChI is InChI=1S/C11H16ClN3/c1-11(2,3)15-10(13)14-9-6-4-8(12)5-7-9/h4-7H,1-3H3,(H3,13,14,15). The van der Waals surface area contributed by atoms with E-state index in [1.165, 1.54) is 0 Å². The zero-order valence-electron chi connectivity index (χ0n) is 9.21. The van der Waals surface area contributed by atoms with Crippen molar-refractivity contribution in [2.75, 3.05) is 5.32 Å². The van der Waals surface area contributed by atoms with Gasteiger partial charge >= 0.3 is 0 Å². The van der Waals surface area contributed by atoms with E-state index >= 15 is 0 Å². The second-order valence-corrected chi connectivity index (χ2v) is 4.74. The molecule has 4 heteroatoms. The summed E-state index contributed by atoms with van der Waals surface area (Å²) in [6.45, 7) is 5.97. The van der Waals surface area contributed by atoms with Crippen LogP contribution in [0.3, 0.4) is 0 Å². The Morgan fingerprint density at radius 3 is 2.27 bits per heavy atom. The molecule has 0 aliphatic carbocycles. The summed E-state index contributed by atoms with van der Waals surface area (Å²) in [4.78, 5) is 4.28. The molecular formula is C11H16ClN3. The largest absolute Gasteiger partial charge is 0.370 e. The maximum absolute atomic E-state index is 5.77. The number of guanidine groups is 1. The van der Waals surface area contributed by atoms with Crippen molar-refractivity contribution in [3.63, 3.8) is 0 Å². The van der Waals surface area contributed by atoms with Gasteiger partial charge in [0.15, 0.2) is 5.96 Å². The lowest BCUT2D eigenvalue weighted by atomic mass is 10.1. The van der Waals surface area contributed by atoms with Gasteiger partial charge in [-0.2, -0.15) is 0 Å². The summed E-state index contributed by atoms with van der Waals surface area (Å²) < 4.78 is 0. The maximum atomic E-state index is 5.77. The molecule has 0 bridgehead atoms. The Balaban J connectivity index is 2.70. The van der Waals surface area contributed by atoms with Crippen molar-refractivity contribution in [3.05, 3.63) is 29.3 Å². The Bertz CT molecular complexity index is 349. The number of nitrogens with zero attached hydrogens (tertiary/aromatic N) is 1. The Labute approximate surface area is 95.3 Å². The third-order valence-corrected chi connectivity index (χ3v) is 1.82. The fraction of sp³-hybridized carbons (Fsp3) is 0.364. The lowest BCUT2D eigenvalue weighted by Crippen LogP contribution is -2.27. The molecule has 0 aromatic heterocycles. The first kappa shape index (κ1) is 11.9. The summed E-state index contributed by atoms with van der Waals surface area (Å²) in [7, 11) is 0. The molecule has 82 valence electrons. The molecule has 0 aliphatic rings. The van der Waals surface area contributed by atoms with Gasteiger partial charge in [-0.15, -0.1) is 0 Å². The van der Waals surface area contributed by atoms with Crippen molar-refractivity contribution < 1.29 is 0 Å². The van der Waals surface area contributed by atoms with Crippen molar-refractivity contribution in [2.24, 2.45) is 10.7 Å². The number of nitrogens with two attached hydrogens (primary N) is 1. The summed E-state index contributed by atoms with van der Waals surface area (Å²) in [5, 5.41) is 3.70. The topological polar surface area (TPSA) is 50.4 Å². The van der Waals surface area contributed by atoms with E-state index in [0.29, 0.717) is 11.0 Å². The summed E-state index contributed by atoms with van der Waals surface area (Å²) in [6.07, 6.45) is 0. The molecule has 0 atom stereocenters. The van der Waals surface area contributed by atoms with E-state index in [-0.39, 0.29) is 5.54 Å². The van der Waals surface area contributed by atoms with Gasteiger partial charge in [0.2, 0.25) is 0 Å². The summed E-state index contributed by atoms with van der Waals surface area (Å²) in [6, 6.07) is 7.31. The first-order valence-electron chi connectivity index (χ1n) is 4.75. The van der Waals surface area contributed by atoms with Crippen molar-refractivity contribution >= 4 is 23.2 Å². The van der Waals surface area contributed by atoms with Crippen molar-refractivity contribution in [1.82, 2.24) is 0 Å². The fourth-order valence-corrected chi connectivity index (χ4v) is 1.20. The Kier molecular flexibility index (Phi) is 3.58. The number of aliphatic imine (C=N–C) groups is 1. The summed E-state index contributed by atoms with van der Waals surface area (Å²) in [5.41, 5.74) is 6.44. The van der Waals surface area contributed by atoms with Crippen LogP contribution < -0.4 is 11.1 Å². The minimum Gasteiger partial charge on any atom is -0.370 e. The van der Waals surface area contributed by atoms with E-state index in [0.717, 1.165) is 5.69 Å². The highest BCUT2D eigenvalue weighted by molar-refractivity contribution is 6.30. The normalized spacial score (nSPS) is 12.7. The van der Waals surface area contributed by atoms with Crippen molar-refractivity contribution in [2.45, 2.75) is 26.3 Å². The Morgan fingerprint density at radius 2 is 1.80 bits per heavy atom. The third kappa shape index (κ3) is 4.70. The molecule has 3 nitrogen and oxygen atoms in total. The number of hydrogen-bond donors (Lipinski definition) is 2. The molecule has 0 unspecified atom stereocenters. The predicted molar refractivity (Wildman–Crippen MR) is 66.5 cm³/mol. The fourth-order valence-electron chi connectivity index (χ4n) is 1.07. The lowest BCUT2D eigenvalue weighted by Gasteiger charge is -2.14. The summed E-state index contributed by atoms with van der Waals surface area (Å²) in [5.74, 6) is 0.407. The molecule has 1 aromatic carbocycles. The Hall–Kier alpha value is -1.22. The van der Waals surface area contributed by atoms with Crippen LogP contribution in [0.25, 0.3) is 0 Å². The smallest absolute Gasteiger partial charge is 0.193 e. The number of rotatable bonds is 1. The van der Waals surface area contributed by atoms with Crippen LogP contribution in [0.4, 0.5) is 5.69 Å². The van der Waals surface area contributed by atoms with Gasteiger partial charge in [0.1, 0.15) is 0 Å². The zero-order chi connectivity index (χ0) is 11.5. The Morgan fingerprint density at radius 1 is 1.27 bits per heavy atom. The van der Waals surface area contributed by atoms with Gasteiger partial charge in [-0.05, 0) is 45.0 Å². The van der Waals surface area contributed by atoms with Gasteiger partial charge in [0, 0.05) is 10.7 Å². The molecule has 1 rings (SSSR count). The third-order valence-electron chi connectivity index (χ3n) is 1.57. The van der Waals surface area contributed by atoms with Gasteiger partial charge in [0.25, 0.3) is 0 Å². The van der Waals surface area contributed by atoms with Crippen LogP contribution in [0.1, 0.15) is 20.8 Å². The van der Waals surface area contributed by atoms with E-state index < -0.39 is 0 Å². The highest BCUT2D eigenvalue weighted by atomic mass is 35.5. The number of halogens is 1. The monoisotopic (exact) mass is 225 g/mol. The van der Waals surface area contributed by atoms with E-state index in [2.05, 4.69) is 10.3 Å². The molecular weight excluding hydrogens is 210 g/mol. The average Bonchev–Trinajstić information content (AvgIpc) is 2.05. The second-order valence-electron chi connectivity index (χ2n) is 4.30. The van der Waals surface area contributed by atoms with Gasteiger partial charge in [0.05, 0.1) is 5.54 Å². The molecule has 3 N–H and O–H groups in total. The molecule has 0 aliphatic heterocycles. The summed E-state index contributed by atoms with van der Waals surface area (Å²) >= 11 is 5.77. The van der Waals surface area contributed by atoms with Gasteiger partial charge in [-0.3, -0.25) is 0 Å². The van der Waals surface area contributed by atoms with E-state index in [9.17, 15) is 0 Å². The molecule has 1 aromatic rings. The quantitative estimate of drug-likeness (QED) is 0.571. The molecule has 0 amide bonds. The number of nitrogens with one attached hydrogen (secondary N) is 1. The zero-order valence-corrected chi connectivity index (χ0v) is 9.97. The number of anilines is 1. The average molecular weight is 226 g/mol. The van der Waals surface area contributed by atoms with Crippen LogP contribution in [-0.2, 0) is 0 Å². The maximum Gasteiger partial charge on any atom is 0.193 e. The highest BCUT2D eigenvalue weighted by Crippen LogP contribution is 2.13. The predicted octanol–water partition coefficient (Wildman–Crippen LogP) is 2.87. The van der Waals surface area contributed by atoms with E-state index in [1.807, 2.05) is 32.9 Å². The molecule has 0 radical (unpaired) electrons. The molecule has 0 saturated carbocycles. The van der Waals surface area contributed by atoms with Gasteiger partial charge in [-0.1, -0.05) is 11.6 Å². The first-order valence-corrected chi connectivity index (χ1v) is 5.12. The SMILES string of the molecule is CC(C)(C)N=C(N)Nc1ccc(Cl)cc1. The second kappa shape index (κ2) is 4.53. The molecule has 0 saturated heterocycles. The molecule has 15 heavy (non-hydrogen) atoms. The van der Waals surface area contributed by atoms with Crippen molar-refractivity contribution in [3.8, 4) is 0 Å².